The molecule has 0 fully saturated rings. The molecule has 4 rings (SSSR count). The van der Waals surface area contributed by atoms with Crippen LogP contribution < -0.4 is 4.90 Å². The van der Waals surface area contributed by atoms with Crippen LogP contribution in [0.15, 0.2) is 65.6 Å². The maximum atomic E-state index is 14.7. The largest absolute Gasteiger partial charge is 0.336 e. The molecule has 0 spiro atoms. The minimum absolute atomic E-state index is 0.0543. The number of anilines is 2. The van der Waals surface area contributed by atoms with Gasteiger partial charge in [0.1, 0.15) is 17.8 Å². The third kappa shape index (κ3) is 3.65. The van der Waals surface area contributed by atoms with Gasteiger partial charge in [-0.05, 0) is 36.4 Å². The first-order chi connectivity index (χ1) is 14.5. The van der Waals surface area contributed by atoms with Crippen LogP contribution in [0.2, 0.25) is 10.0 Å². The van der Waals surface area contributed by atoms with Gasteiger partial charge >= 0.3 is 0 Å². The van der Waals surface area contributed by atoms with Crippen LogP contribution in [-0.2, 0) is 4.79 Å². The summed E-state index contributed by atoms with van der Waals surface area (Å²) in [7, 11) is 0. The number of aromatic nitrogens is 3. The van der Waals surface area contributed by atoms with Crippen molar-refractivity contribution in [2.75, 3.05) is 4.90 Å². The van der Waals surface area contributed by atoms with Crippen molar-refractivity contribution in [1.29, 1.82) is 0 Å². The molecule has 0 saturated heterocycles. The monoisotopic (exact) mass is 442 g/mol. The zero-order chi connectivity index (χ0) is 21.3. The number of carbonyl (C=O) groups excluding carboxylic acids is 1. The van der Waals surface area contributed by atoms with Crippen LogP contribution in [0.4, 0.5) is 16.0 Å². The third-order valence-electron chi connectivity index (χ3n) is 4.31. The van der Waals surface area contributed by atoms with Gasteiger partial charge in [-0.1, -0.05) is 40.5 Å². The molecule has 6 nitrogen and oxygen atoms in total. The van der Waals surface area contributed by atoms with Crippen molar-refractivity contribution in [3.05, 3.63) is 76.9 Å². The van der Waals surface area contributed by atoms with Gasteiger partial charge in [0, 0.05) is 23.7 Å². The van der Waals surface area contributed by atoms with Crippen molar-refractivity contribution in [1.82, 2.24) is 15.1 Å². The first-order valence-electron chi connectivity index (χ1n) is 8.74. The van der Waals surface area contributed by atoms with Gasteiger partial charge in [-0.2, -0.15) is 0 Å². The van der Waals surface area contributed by atoms with Crippen LogP contribution in [0, 0.1) is 5.82 Å². The second-order valence-electron chi connectivity index (χ2n) is 6.24. The molecular weight excluding hydrogens is 430 g/mol. The third-order valence-corrected chi connectivity index (χ3v) is 4.86. The summed E-state index contributed by atoms with van der Waals surface area (Å²) in [4.78, 5) is 22.0. The van der Waals surface area contributed by atoms with E-state index in [4.69, 9.17) is 27.7 Å². The fraction of sp³-hybridized carbons (Fsp3) is 0.0476. The summed E-state index contributed by atoms with van der Waals surface area (Å²) < 4.78 is 20.2. The Balaban J connectivity index is 2.00. The van der Waals surface area contributed by atoms with Crippen LogP contribution in [0.3, 0.4) is 0 Å². The first-order valence-corrected chi connectivity index (χ1v) is 9.49. The SMILES string of the molecule is CC(=O)N(c1ccccc1Cl)c1onc(-c2ccc(Cl)cc2F)c1-c1ccncn1. The second-order valence-corrected chi connectivity index (χ2v) is 7.08. The van der Waals surface area contributed by atoms with Crippen LogP contribution in [0.5, 0.6) is 0 Å². The molecule has 0 aliphatic carbocycles. The fourth-order valence-corrected chi connectivity index (χ4v) is 3.40. The summed E-state index contributed by atoms with van der Waals surface area (Å²) in [5, 5.41) is 4.63. The number of hydrogen-bond acceptors (Lipinski definition) is 5. The van der Waals surface area contributed by atoms with Crippen LogP contribution in [0.1, 0.15) is 6.92 Å². The second kappa shape index (κ2) is 8.22. The van der Waals surface area contributed by atoms with Gasteiger partial charge in [0.05, 0.1) is 22.0 Å². The maximum Gasteiger partial charge on any atom is 0.248 e. The van der Waals surface area contributed by atoms with Crippen molar-refractivity contribution in [2.45, 2.75) is 6.92 Å². The highest BCUT2D eigenvalue weighted by atomic mass is 35.5. The Morgan fingerprint density at radius 2 is 1.93 bits per heavy atom. The minimum atomic E-state index is -0.593. The van der Waals surface area contributed by atoms with Crippen molar-refractivity contribution in [2.24, 2.45) is 0 Å². The summed E-state index contributed by atoms with van der Waals surface area (Å²) in [5.41, 5.74) is 1.40. The molecule has 4 aromatic rings. The molecule has 2 aromatic heterocycles. The summed E-state index contributed by atoms with van der Waals surface area (Å²) in [6, 6.07) is 12.6. The zero-order valence-corrected chi connectivity index (χ0v) is 17.0. The Labute approximate surface area is 180 Å². The van der Waals surface area contributed by atoms with E-state index in [0.29, 0.717) is 22.0 Å². The standard InChI is InChI=1S/C21H13Cl2FN4O2/c1-12(29)28(18-5-3-2-4-15(18)23)21-19(17-8-9-25-11-26-17)20(27-30-21)14-7-6-13(22)10-16(14)24/h2-11H,1H3. The molecule has 0 aliphatic heterocycles. The molecule has 2 aromatic carbocycles. The number of rotatable bonds is 4. The molecule has 0 bridgehead atoms. The lowest BCUT2D eigenvalue weighted by Crippen LogP contribution is -2.23. The number of para-hydroxylation sites is 1. The topological polar surface area (TPSA) is 72.1 Å². The number of amides is 1. The van der Waals surface area contributed by atoms with E-state index >= 15 is 0 Å². The molecule has 0 unspecified atom stereocenters. The Morgan fingerprint density at radius 3 is 2.60 bits per heavy atom. The normalized spacial score (nSPS) is 10.8. The molecule has 0 saturated carbocycles. The highest BCUT2D eigenvalue weighted by Crippen LogP contribution is 2.43. The number of halogens is 3. The predicted octanol–water partition coefficient (Wildman–Crippen LogP) is 5.93. The van der Waals surface area contributed by atoms with Crippen molar-refractivity contribution >= 4 is 40.7 Å². The highest BCUT2D eigenvalue weighted by Gasteiger charge is 2.30. The molecule has 0 atom stereocenters. The number of nitrogens with zero attached hydrogens (tertiary/aromatic N) is 4. The van der Waals surface area contributed by atoms with Gasteiger partial charge < -0.3 is 4.52 Å². The molecule has 2 heterocycles. The van der Waals surface area contributed by atoms with E-state index in [9.17, 15) is 9.18 Å². The van der Waals surface area contributed by atoms with E-state index in [1.807, 2.05) is 0 Å². The molecular formula is C21H13Cl2FN4O2. The molecule has 0 radical (unpaired) electrons. The van der Waals surface area contributed by atoms with Crippen LogP contribution >= 0.6 is 23.2 Å². The van der Waals surface area contributed by atoms with E-state index in [0.717, 1.165) is 0 Å². The Morgan fingerprint density at radius 1 is 1.13 bits per heavy atom. The van der Waals surface area contributed by atoms with E-state index in [2.05, 4.69) is 15.1 Å². The van der Waals surface area contributed by atoms with Crippen molar-refractivity contribution < 1.29 is 13.7 Å². The lowest BCUT2D eigenvalue weighted by atomic mass is 10.0. The van der Waals surface area contributed by atoms with Gasteiger partial charge in [0.2, 0.25) is 11.8 Å². The number of benzene rings is 2. The van der Waals surface area contributed by atoms with Crippen LogP contribution in [0.25, 0.3) is 22.5 Å². The van der Waals surface area contributed by atoms with Gasteiger partial charge in [-0.15, -0.1) is 0 Å². The first kappa shape index (κ1) is 20.0. The smallest absolute Gasteiger partial charge is 0.248 e. The number of hydrogen-bond donors (Lipinski definition) is 0. The van der Waals surface area contributed by atoms with Gasteiger partial charge in [0.15, 0.2) is 0 Å². The molecule has 150 valence electrons. The Bertz CT molecular complexity index is 1230. The molecule has 30 heavy (non-hydrogen) atoms. The predicted molar refractivity (Wildman–Crippen MR) is 112 cm³/mol. The summed E-state index contributed by atoms with van der Waals surface area (Å²) in [6.45, 7) is 1.36. The van der Waals surface area contributed by atoms with Gasteiger partial charge in [-0.3, -0.25) is 4.79 Å². The quantitative estimate of drug-likeness (QED) is 0.391. The lowest BCUT2D eigenvalue weighted by Gasteiger charge is -2.20. The van der Waals surface area contributed by atoms with E-state index in [-0.39, 0.29) is 28.1 Å². The fourth-order valence-electron chi connectivity index (χ4n) is 3.02. The van der Waals surface area contributed by atoms with Gasteiger partial charge in [0.25, 0.3) is 0 Å². The summed E-state index contributed by atoms with van der Waals surface area (Å²) >= 11 is 12.2. The van der Waals surface area contributed by atoms with E-state index < -0.39 is 5.82 Å². The zero-order valence-electron chi connectivity index (χ0n) is 15.5. The average Bonchev–Trinajstić information content (AvgIpc) is 3.14. The van der Waals surface area contributed by atoms with Gasteiger partial charge in [-0.25, -0.2) is 19.3 Å². The molecule has 0 N–H and O–H groups in total. The molecule has 9 heteroatoms. The highest BCUT2D eigenvalue weighted by molar-refractivity contribution is 6.34. The minimum Gasteiger partial charge on any atom is -0.336 e. The lowest BCUT2D eigenvalue weighted by molar-refractivity contribution is -0.116. The van der Waals surface area contributed by atoms with Crippen molar-refractivity contribution in [3.63, 3.8) is 0 Å². The maximum absolute atomic E-state index is 14.7. The molecule has 1 amide bonds. The Kier molecular flexibility index (Phi) is 5.48. The summed E-state index contributed by atoms with van der Waals surface area (Å²) in [5.74, 6) is -0.916. The van der Waals surface area contributed by atoms with Crippen LogP contribution in [-0.4, -0.2) is 21.0 Å². The van der Waals surface area contributed by atoms with E-state index in [1.165, 1.54) is 42.5 Å². The van der Waals surface area contributed by atoms with Crippen molar-refractivity contribution in [3.8, 4) is 22.5 Å². The average molecular weight is 443 g/mol. The summed E-state index contributed by atoms with van der Waals surface area (Å²) in [6.07, 6.45) is 2.86. The van der Waals surface area contributed by atoms with E-state index in [1.54, 1.807) is 30.3 Å². The molecule has 0 aliphatic rings. The number of carbonyl (C=O) groups is 1. The Hall–Kier alpha value is -3.29.